The molecule has 0 unspecified atom stereocenters. The zero-order valence-corrected chi connectivity index (χ0v) is 24.2. The van der Waals surface area contributed by atoms with E-state index in [2.05, 4.69) is 50.3 Å². The minimum Gasteiger partial charge on any atom is -0.494 e. The first-order valence-electron chi connectivity index (χ1n) is 16.2. The van der Waals surface area contributed by atoms with Gasteiger partial charge in [0.25, 0.3) is 0 Å². The first kappa shape index (κ1) is 28.7. The lowest BCUT2D eigenvalue weighted by Gasteiger charge is -2.28. The summed E-state index contributed by atoms with van der Waals surface area (Å²) < 4.78 is 12.0. The second-order valence-electron chi connectivity index (χ2n) is 13.0. The van der Waals surface area contributed by atoms with Gasteiger partial charge in [-0.3, -0.25) is 0 Å². The van der Waals surface area contributed by atoms with E-state index in [0.717, 1.165) is 55.0 Å². The molecular weight excluding hydrogens is 452 g/mol. The summed E-state index contributed by atoms with van der Waals surface area (Å²) in [4.78, 5) is 0. The zero-order chi connectivity index (χ0) is 25.7. The molecule has 0 spiro atoms. The van der Waals surface area contributed by atoms with Gasteiger partial charge >= 0.3 is 0 Å². The second-order valence-corrected chi connectivity index (χ2v) is 13.0. The summed E-state index contributed by atoms with van der Waals surface area (Å²) in [5.74, 6) is 5.57. The fraction of sp³-hybridized carbons (Fsp3) is 0.771. The molecule has 0 aliphatic heterocycles. The summed E-state index contributed by atoms with van der Waals surface area (Å²) in [6, 6.07) is 8.84. The molecule has 0 aromatic heterocycles. The monoisotopic (exact) mass is 508 g/mol. The summed E-state index contributed by atoms with van der Waals surface area (Å²) >= 11 is 0. The van der Waals surface area contributed by atoms with Gasteiger partial charge in [0.2, 0.25) is 0 Å². The number of ether oxygens (including phenoxy) is 2. The van der Waals surface area contributed by atoms with Gasteiger partial charge in [-0.2, -0.15) is 0 Å². The van der Waals surface area contributed by atoms with Crippen molar-refractivity contribution in [2.45, 2.75) is 129 Å². The molecule has 0 bridgehead atoms. The van der Waals surface area contributed by atoms with Crippen LogP contribution in [0.3, 0.4) is 0 Å². The number of aryl methyl sites for hydroxylation is 1. The molecular formula is C35H56O2. The topological polar surface area (TPSA) is 18.5 Å². The van der Waals surface area contributed by atoms with Gasteiger partial charge in [0, 0.05) is 6.42 Å². The van der Waals surface area contributed by atoms with Crippen molar-refractivity contribution in [3.8, 4) is 5.75 Å². The molecule has 0 radical (unpaired) electrons. The largest absolute Gasteiger partial charge is 0.494 e. The molecule has 0 heterocycles. The molecule has 3 fully saturated rings. The third kappa shape index (κ3) is 10.8. The molecule has 2 nitrogen and oxygen atoms in total. The van der Waals surface area contributed by atoms with Crippen molar-refractivity contribution in [2.75, 3.05) is 13.2 Å². The third-order valence-electron chi connectivity index (χ3n) is 9.73. The van der Waals surface area contributed by atoms with E-state index in [-0.39, 0.29) is 0 Å². The number of hydrogen-bond donors (Lipinski definition) is 0. The number of unbranched alkanes of at least 4 members (excludes halogenated alkanes) is 1. The smallest absolute Gasteiger partial charge is 0.119 e. The molecule has 2 heteroatoms. The van der Waals surface area contributed by atoms with E-state index in [1.807, 2.05) is 0 Å². The summed E-state index contributed by atoms with van der Waals surface area (Å²) in [7, 11) is 0. The van der Waals surface area contributed by atoms with E-state index >= 15 is 0 Å². The SMILES string of the molecule is CC1CCC(C=CC2CCC(CCCCc3ccc(OCCCOC4CCC(C)CC4)cc3)CC2)CC1. The number of benzene rings is 1. The molecule has 1 aromatic rings. The van der Waals surface area contributed by atoms with Crippen molar-refractivity contribution in [1.82, 2.24) is 0 Å². The third-order valence-corrected chi connectivity index (χ3v) is 9.73. The quantitative estimate of drug-likeness (QED) is 0.195. The molecule has 0 saturated heterocycles. The van der Waals surface area contributed by atoms with E-state index in [1.165, 1.54) is 108 Å². The van der Waals surface area contributed by atoms with Crippen molar-refractivity contribution in [3.05, 3.63) is 42.0 Å². The number of hydrogen-bond acceptors (Lipinski definition) is 2. The zero-order valence-electron chi connectivity index (χ0n) is 24.2. The Morgan fingerprint density at radius 2 is 1.24 bits per heavy atom. The Morgan fingerprint density at radius 1 is 0.649 bits per heavy atom. The van der Waals surface area contributed by atoms with Crippen molar-refractivity contribution >= 4 is 0 Å². The average molecular weight is 509 g/mol. The van der Waals surface area contributed by atoms with Gasteiger partial charge < -0.3 is 9.47 Å². The van der Waals surface area contributed by atoms with Gasteiger partial charge in [-0.05, 0) is 124 Å². The highest BCUT2D eigenvalue weighted by Gasteiger charge is 2.21. The molecule has 1 aromatic carbocycles. The van der Waals surface area contributed by atoms with Crippen LogP contribution in [0.4, 0.5) is 0 Å². The number of rotatable bonds is 13. The highest BCUT2D eigenvalue weighted by atomic mass is 16.5. The van der Waals surface area contributed by atoms with Crippen LogP contribution in [0, 0.1) is 29.6 Å². The molecule has 0 N–H and O–H groups in total. The van der Waals surface area contributed by atoms with E-state index in [1.54, 1.807) is 0 Å². The maximum absolute atomic E-state index is 6.05. The van der Waals surface area contributed by atoms with E-state index < -0.39 is 0 Å². The van der Waals surface area contributed by atoms with Crippen LogP contribution in [0.25, 0.3) is 0 Å². The Labute approximate surface area is 229 Å². The minimum absolute atomic E-state index is 0.489. The molecule has 208 valence electrons. The fourth-order valence-electron chi connectivity index (χ4n) is 6.87. The van der Waals surface area contributed by atoms with Crippen molar-refractivity contribution in [1.29, 1.82) is 0 Å². The normalized spacial score (nSPS) is 31.0. The molecule has 0 amide bonds. The first-order chi connectivity index (χ1) is 18.1. The molecule has 3 saturated carbocycles. The second kappa shape index (κ2) is 16.0. The Kier molecular flexibility index (Phi) is 12.4. The minimum atomic E-state index is 0.489. The highest BCUT2D eigenvalue weighted by Crippen LogP contribution is 2.34. The first-order valence-corrected chi connectivity index (χ1v) is 16.2. The van der Waals surface area contributed by atoms with Crippen molar-refractivity contribution in [3.63, 3.8) is 0 Å². The summed E-state index contributed by atoms with van der Waals surface area (Å²) in [6.45, 7) is 6.36. The van der Waals surface area contributed by atoms with Crippen LogP contribution in [0.5, 0.6) is 5.75 Å². The van der Waals surface area contributed by atoms with Crippen LogP contribution in [-0.2, 0) is 11.2 Å². The standard InChI is InChI=1S/C35H56O2/c1-28-8-12-32(13-9-28)18-19-33-16-14-30(15-17-33)6-3-4-7-31-20-24-35(25-21-31)37-27-5-26-36-34-22-10-29(2)11-23-34/h18-21,24-25,28-30,32-34H,3-17,22-23,26-27H2,1-2H3. The van der Waals surface area contributed by atoms with Crippen LogP contribution in [-0.4, -0.2) is 19.3 Å². The van der Waals surface area contributed by atoms with Crippen LogP contribution in [0.15, 0.2) is 36.4 Å². The maximum Gasteiger partial charge on any atom is 0.119 e. The predicted molar refractivity (Wildman–Crippen MR) is 157 cm³/mol. The van der Waals surface area contributed by atoms with Gasteiger partial charge in [-0.1, -0.05) is 63.8 Å². The van der Waals surface area contributed by atoms with Crippen LogP contribution >= 0.6 is 0 Å². The van der Waals surface area contributed by atoms with E-state index in [0.29, 0.717) is 6.10 Å². The lowest BCUT2D eigenvalue weighted by Crippen LogP contribution is -2.21. The molecule has 0 atom stereocenters. The van der Waals surface area contributed by atoms with Crippen LogP contribution < -0.4 is 4.74 Å². The van der Waals surface area contributed by atoms with E-state index in [4.69, 9.17) is 9.47 Å². The Morgan fingerprint density at radius 3 is 1.89 bits per heavy atom. The van der Waals surface area contributed by atoms with Gasteiger partial charge in [-0.15, -0.1) is 0 Å². The van der Waals surface area contributed by atoms with Gasteiger partial charge in [0.05, 0.1) is 19.3 Å². The lowest BCUT2D eigenvalue weighted by atomic mass is 9.78. The van der Waals surface area contributed by atoms with E-state index in [9.17, 15) is 0 Å². The summed E-state index contributed by atoms with van der Waals surface area (Å²) in [6.07, 6.45) is 28.6. The van der Waals surface area contributed by atoms with Gasteiger partial charge in [0.15, 0.2) is 0 Å². The number of allylic oxidation sites excluding steroid dienone is 2. The van der Waals surface area contributed by atoms with Gasteiger partial charge in [-0.25, -0.2) is 0 Å². The predicted octanol–water partition coefficient (Wildman–Crippen LogP) is 9.95. The van der Waals surface area contributed by atoms with Crippen molar-refractivity contribution in [2.24, 2.45) is 29.6 Å². The molecule has 37 heavy (non-hydrogen) atoms. The average Bonchev–Trinajstić information content (AvgIpc) is 2.93. The maximum atomic E-state index is 6.05. The highest BCUT2D eigenvalue weighted by molar-refractivity contribution is 5.27. The fourth-order valence-corrected chi connectivity index (χ4v) is 6.87. The lowest BCUT2D eigenvalue weighted by molar-refractivity contribution is 0.0146. The Hall–Kier alpha value is -1.28. The molecule has 3 aliphatic carbocycles. The Bertz CT molecular complexity index is 744. The molecule has 3 aliphatic rings. The van der Waals surface area contributed by atoms with Crippen LogP contribution in [0.2, 0.25) is 0 Å². The molecule has 4 rings (SSSR count). The van der Waals surface area contributed by atoms with Crippen LogP contribution in [0.1, 0.15) is 122 Å². The van der Waals surface area contributed by atoms with Crippen molar-refractivity contribution < 1.29 is 9.47 Å². The summed E-state index contributed by atoms with van der Waals surface area (Å²) in [5, 5.41) is 0. The Balaban J connectivity index is 1.000. The summed E-state index contributed by atoms with van der Waals surface area (Å²) in [5.41, 5.74) is 1.45. The van der Waals surface area contributed by atoms with Gasteiger partial charge in [0.1, 0.15) is 5.75 Å².